The van der Waals surface area contributed by atoms with Crippen molar-refractivity contribution in [1.29, 1.82) is 5.26 Å². The number of pyridine rings is 1. The molecule has 0 radical (unpaired) electrons. The summed E-state index contributed by atoms with van der Waals surface area (Å²) in [6.45, 7) is 0.445. The van der Waals surface area contributed by atoms with Gasteiger partial charge < -0.3 is 5.32 Å². The van der Waals surface area contributed by atoms with Gasteiger partial charge in [-0.15, -0.1) is 0 Å². The molecule has 3 heterocycles. The zero-order valence-electron chi connectivity index (χ0n) is 15.9. The average molecular weight is 461 g/mol. The molecule has 0 saturated carbocycles. The number of carbonyl (C=O) groups is 1. The quantitative estimate of drug-likeness (QED) is 0.617. The number of carbonyl (C=O) groups excluding carboxylic acids is 1. The number of halogens is 4. The molecule has 162 valence electrons. The van der Waals surface area contributed by atoms with Gasteiger partial charge in [0.2, 0.25) is 0 Å². The van der Waals surface area contributed by atoms with Gasteiger partial charge in [0.05, 0.1) is 40.9 Å². The number of para-hydroxylation sites is 1. The first-order valence-corrected chi connectivity index (χ1v) is 9.35. The van der Waals surface area contributed by atoms with Crippen LogP contribution in [0.3, 0.4) is 0 Å². The molecule has 1 aliphatic heterocycles. The van der Waals surface area contributed by atoms with Crippen molar-refractivity contribution in [2.75, 3.05) is 17.0 Å². The number of benzene rings is 1. The van der Waals surface area contributed by atoms with Crippen LogP contribution in [-0.2, 0) is 6.18 Å². The molecule has 0 saturated heterocycles. The highest BCUT2D eigenvalue weighted by Gasteiger charge is 2.41. The molecule has 1 aromatic carbocycles. The number of nitriles is 1. The average Bonchev–Trinajstić information content (AvgIpc) is 3.44. The highest BCUT2D eigenvalue weighted by Crippen LogP contribution is 2.35. The van der Waals surface area contributed by atoms with Crippen molar-refractivity contribution in [3.8, 4) is 11.8 Å². The first-order chi connectivity index (χ1) is 15.3. The lowest BCUT2D eigenvalue weighted by Crippen LogP contribution is -2.29. The molecule has 2 N–H and O–H groups in total. The second kappa shape index (κ2) is 8.29. The van der Waals surface area contributed by atoms with E-state index in [4.69, 9.17) is 11.6 Å². The number of nitrogens with one attached hydrogen (secondary N) is 2. The first-order valence-electron chi connectivity index (χ1n) is 8.97. The van der Waals surface area contributed by atoms with Crippen molar-refractivity contribution in [3.63, 3.8) is 0 Å². The second-order valence-electron chi connectivity index (χ2n) is 6.40. The van der Waals surface area contributed by atoms with Crippen molar-refractivity contribution in [2.45, 2.75) is 6.18 Å². The summed E-state index contributed by atoms with van der Waals surface area (Å²) in [4.78, 5) is 16.8. The zero-order valence-corrected chi connectivity index (χ0v) is 16.7. The van der Waals surface area contributed by atoms with Gasteiger partial charge >= 0.3 is 6.18 Å². The number of nitrogens with zero attached hydrogens (tertiary/aromatic N) is 6. The Hall–Kier alpha value is -3.95. The third-order valence-electron chi connectivity index (χ3n) is 4.34. The number of alkyl halides is 3. The molecule has 1 amide bonds. The number of hydrogen-bond acceptors (Lipinski definition) is 7. The Bertz CT molecular complexity index is 1260. The van der Waals surface area contributed by atoms with Gasteiger partial charge in [-0.2, -0.15) is 33.8 Å². The van der Waals surface area contributed by atoms with E-state index in [0.29, 0.717) is 11.2 Å². The van der Waals surface area contributed by atoms with Crippen LogP contribution in [0.25, 0.3) is 5.69 Å². The van der Waals surface area contributed by atoms with Gasteiger partial charge in [0.1, 0.15) is 11.6 Å². The Morgan fingerprint density at radius 2 is 2.06 bits per heavy atom. The maximum absolute atomic E-state index is 13.8. The van der Waals surface area contributed by atoms with Gasteiger partial charge in [-0.3, -0.25) is 4.79 Å². The molecule has 0 fully saturated rings. The van der Waals surface area contributed by atoms with Gasteiger partial charge in [0.25, 0.3) is 5.91 Å². The molecule has 1 aliphatic rings. The van der Waals surface area contributed by atoms with Gasteiger partial charge in [0, 0.05) is 6.21 Å². The Kier molecular flexibility index (Phi) is 5.52. The number of hydrazine groups is 1. The predicted molar refractivity (Wildman–Crippen MR) is 109 cm³/mol. The zero-order chi connectivity index (χ0) is 22.9. The lowest BCUT2D eigenvalue weighted by Gasteiger charge is -2.15. The van der Waals surface area contributed by atoms with Crippen LogP contribution < -0.4 is 15.9 Å². The molecule has 0 aliphatic carbocycles. The fraction of sp³-hybridized carbons (Fsp3) is 0.105. The van der Waals surface area contributed by atoms with E-state index in [9.17, 15) is 23.2 Å². The van der Waals surface area contributed by atoms with Crippen molar-refractivity contribution in [2.24, 2.45) is 5.10 Å². The number of hydrogen-bond donors (Lipinski definition) is 2. The Morgan fingerprint density at radius 1 is 1.28 bits per heavy atom. The van der Waals surface area contributed by atoms with Gasteiger partial charge in [-0.25, -0.2) is 15.1 Å². The molecule has 0 bridgehead atoms. The van der Waals surface area contributed by atoms with E-state index in [0.717, 1.165) is 6.20 Å². The van der Waals surface area contributed by atoms with Crippen LogP contribution in [-0.4, -0.2) is 33.4 Å². The van der Waals surface area contributed by atoms with E-state index in [-0.39, 0.29) is 27.8 Å². The molecule has 3 aromatic rings. The molecule has 13 heteroatoms. The molecule has 0 unspecified atom stereocenters. The highest BCUT2D eigenvalue weighted by molar-refractivity contribution is 6.32. The van der Waals surface area contributed by atoms with Crippen molar-refractivity contribution in [1.82, 2.24) is 20.2 Å². The summed E-state index contributed by atoms with van der Waals surface area (Å²) in [6.07, 6.45) is -1.33. The number of rotatable bonds is 4. The summed E-state index contributed by atoms with van der Waals surface area (Å²) >= 11 is 6.01. The van der Waals surface area contributed by atoms with Crippen LogP contribution in [0.5, 0.6) is 0 Å². The smallest absolute Gasteiger partial charge is 0.320 e. The lowest BCUT2D eigenvalue weighted by atomic mass is 10.2. The highest BCUT2D eigenvalue weighted by atomic mass is 35.5. The largest absolute Gasteiger partial charge is 0.434 e. The van der Waals surface area contributed by atoms with Gasteiger partial charge in [0.15, 0.2) is 11.5 Å². The topological polar surface area (TPSA) is 111 Å². The number of anilines is 2. The molecule has 0 spiro atoms. The molecule has 9 nitrogen and oxygen atoms in total. The summed E-state index contributed by atoms with van der Waals surface area (Å²) in [5.41, 5.74) is 0.886. The van der Waals surface area contributed by atoms with E-state index < -0.39 is 23.3 Å². The normalized spacial score (nSPS) is 13.3. The fourth-order valence-electron chi connectivity index (χ4n) is 2.99. The van der Waals surface area contributed by atoms with Crippen LogP contribution in [0.2, 0.25) is 5.02 Å². The summed E-state index contributed by atoms with van der Waals surface area (Å²) < 4.78 is 42.1. The molecular weight excluding hydrogens is 449 g/mol. The summed E-state index contributed by atoms with van der Waals surface area (Å²) in [5, 5.41) is 20.7. The summed E-state index contributed by atoms with van der Waals surface area (Å²) in [6, 6.07) is 9.01. The van der Waals surface area contributed by atoms with E-state index in [1.54, 1.807) is 12.3 Å². The van der Waals surface area contributed by atoms with Crippen molar-refractivity contribution < 1.29 is 18.0 Å². The van der Waals surface area contributed by atoms with Gasteiger partial charge in [-0.1, -0.05) is 23.7 Å². The molecule has 4 rings (SSSR count). The fourth-order valence-corrected chi connectivity index (χ4v) is 3.20. The van der Waals surface area contributed by atoms with Crippen molar-refractivity contribution >= 4 is 35.2 Å². The molecule has 32 heavy (non-hydrogen) atoms. The van der Waals surface area contributed by atoms with E-state index in [1.807, 2.05) is 6.07 Å². The standard InChI is InChI=1S/C19H12ClF3N8O/c20-14-3-1-2-4-15(14)30-16(19(21,22)23)13(10-28-30)18(32)29-12-7-11(8-24)17(25-9-12)31-26-5-6-27-31/h1-5,7,9-10,27H,6H2,(H,29,32). The molecule has 0 atom stereocenters. The van der Waals surface area contributed by atoms with Crippen LogP contribution >= 0.6 is 11.6 Å². The van der Waals surface area contributed by atoms with Crippen LogP contribution in [0.1, 0.15) is 21.6 Å². The summed E-state index contributed by atoms with van der Waals surface area (Å²) in [7, 11) is 0. The number of amides is 1. The minimum atomic E-state index is -4.90. The minimum Gasteiger partial charge on any atom is -0.320 e. The number of hydrazone groups is 1. The first kappa shape index (κ1) is 21.3. The van der Waals surface area contributed by atoms with E-state index in [2.05, 4.69) is 25.9 Å². The molecule has 2 aromatic heterocycles. The third kappa shape index (κ3) is 3.98. The molecular formula is C19H12ClF3N8O. The predicted octanol–water partition coefficient (Wildman–Crippen LogP) is 3.37. The second-order valence-corrected chi connectivity index (χ2v) is 6.81. The minimum absolute atomic E-state index is 0.0251. The summed E-state index contributed by atoms with van der Waals surface area (Å²) in [5.74, 6) is -0.895. The lowest BCUT2D eigenvalue weighted by molar-refractivity contribution is -0.143. The SMILES string of the molecule is N#Cc1cc(NC(=O)c2cnn(-c3ccccc3Cl)c2C(F)(F)F)cnc1N1N=CCN1. The van der Waals surface area contributed by atoms with E-state index in [1.165, 1.54) is 35.6 Å². The third-order valence-corrected chi connectivity index (χ3v) is 4.66. The Labute approximate surface area is 183 Å². The van der Waals surface area contributed by atoms with Gasteiger partial charge in [-0.05, 0) is 18.2 Å². The Morgan fingerprint density at radius 3 is 2.72 bits per heavy atom. The van der Waals surface area contributed by atoms with Crippen LogP contribution in [0, 0.1) is 11.3 Å². The maximum Gasteiger partial charge on any atom is 0.434 e. The monoisotopic (exact) mass is 460 g/mol. The van der Waals surface area contributed by atoms with Crippen molar-refractivity contribution in [3.05, 3.63) is 64.6 Å². The van der Waals surface area contributed by atoms with E-state index >= 15 is 0 Å². The van der Waals surface area contributed by atoms with Crippen LogP contribution in [0.4, 0.5) is 24.7 Å². The maximum atomic E-state index is 13.8. The Balaban J connectivity index is 1.68. The number of aromatic nitrogens is 3. The van der Waals surface area contributed by atoms with Crippen LogP contribution in [0.15, 0.2) is 47.8 Å².